The van der Waals surface area contributed by atoms with E-state index >= 15 is 0 Å². The zero-order valence-electron chi connectivity index (χ0n) is 13.0. The number of amides is 1. The van der Waals surface area contributed by atoms with Gasteiger partial charge in [-0.3, -0.25) is 9.69 Å². The minimum Gasteiger partial charge on any atom is -0.268 e. The minimum atomic E-state index is -4.43. The van der Waals surface area contributed by atoms with Crippen molar-refractivity contribution in [2.45, 2.75) is 13.1 Å². The molecule has 2 nitrogen and oxygen atoms in total. The fraction of sp³-hybridized carbons (Fsp3) is 0.111. The third-order valence-electron chi connectivity index (χ3n) is 3.60. The molecule has 1 saturated heterocycles. The Morgan fingerprint density at radius 1 is 1.12 bits per heavy atom. The van der Waals surface area contributed by atoms with Crippen LogP contribution in [0.5, 0.6) is 0 Å². The smallest absolute Gasteiger partial charge is 0.268 e. The second-order valence-corrected chi connectivity index (χ2v) is 7.15. The first-order valence-electron chi connectivity index (χ1n) is 7.27. The summed E-state index contributed by atoms with van der Waals surface area (Å²) in [4.78, 5) is 14.3. The first-order chi connectivity index (χ1) is 11.8. The molecule has 1 aliphatic rings. The van der Waals surface area contributed by atoms with E-state index in [9.17, 15) is 18.0 Å². The highest BCUT2D eigenvalue weighted by Crippen LogP contribution is 2.37. The van der Waals surface area contributed by atoms with Gasteiger partial charge in [0.05, 0.1) is 16.2 Å². The molecule has 1 aliphatic heterocycles. The zero-order valence-corrected chi connectivity index (χ0v) is 14.6. The third kappa shape index (κ3) is 3.77. The van der Waals surface area contributed by atoms with Gasteiger partial charge in [-0.2, -0.15) is 13.2 Å². The minimum absolute atomic E-state index is 0.296. The number of rotatable bonds is 2. The monoisotopic (exact) mass is 379 g/mol. The van der Waals surface area contributed by atoms with E-state index in [0.29, 0.717) is 20.5 Å². The van der Waals surface area contributed by atoms with Crippen molar-refractivity contribution in [2.75, 3.05) is 4.90 Å². The summed E-state index contributed by atoms with van der Waals surface area (Å²) in [6.45, 7) is 1.93. The molecule has 1 amide bonds. The van der Waals surface area contributed by atoms with Gasteiger partial charge in [-0.05, 0) is 42.8 Å². The lowest BCUT2D eigenvalue weighted by molar-refractivity contribution is -0.137. The van der Waals surface area contributed by atoms with Crippen LogP contribution in [-0.4, -0.2) is 10.2 Å². The van der Waals surface area contributed by atoms with E-state index < -0.39 is 11.7 Å². The van der Waals surface area contributed by atoms with Gasteiger partial charge < -0.3 is 0 Å². The molecule has 7 heteroatoms. The lowest BCUT2D eigenvalue weighted by Crippen LogP contribution is -2.27. The molecule has 2 aromatic carbocycles. The number of nitrogens with zero attached hydrogens (tertiary/aromatic N) is 1. The molecule has 0 saturated carbocycles. The molecule has 0 aromatic heterocycles. The fourth-order valence-corrected chi connectivity index (χ4v) is 3.64. The van der Waals surface area contributed by atoms with Crippen molar-refractivity contribution in [2.24, 2.45) is 0 Å². The second kappa shape index (κ2) is 6.65. The Morgan fingerprint density at radius 2 is 1.80 bits per heavy atom. The van der Waals surface area contributed by atoms with Gasteiger partial charge in [-0.1, -0.05) is 53.8 Å². The van der Waals surface area contributed by atoms with Gasteiger partial charge in [0.25, 0.3) is 5.91 Å². The maximum absolute atomic E-state index is 12.8. The van der Waals surface area contributed by atoms with Crippen molar-refractivity contribution in [3.8, 4) is 0 Å². The highest BCUT2D eigenvalue weighted by atomic mass is 32.2. The molecule has 1 heterocycles. The lowest BCUT2D eigenvalue weighted by Gasteiger charge is -2.14. The summed E-state index contributed by atoms with van der Waals surface area (Å²) in [5, 5.41) is 0. The van der Waals surface area contributed by atoms with Crippen molar-refractivity contribution in [3.63, 3.8) is 0 Å². The molecular weight excluding hydrogens is 367 g/mol. The maximum atomic E-state index is 12.8. The number of hydrogen-bond donors (Lipinski definition) is 0. The highest BCUT2D eigenvalue weighted by molar-refractivity contribution is 8.27. The summed E-state index contributed by atoms with van der Waals surface area (Å²) >= 11 is 6.33. The largest absolute Gasteiger partial charge is 0.416 e. The van der Waals surface area contributed by atoms with Crippen molar-refractivity contribution in [3.05, 3.63) is 70.1 Å². The summed E-state index contributed by atoms with van der Waals surface area (Å²) in [6.07, 6.45) is -2.99. The number of thioether (sulfide) groups is 1. The average Bonchev–Trinajstić information content (AvgIpc) is 2.82. The SMILES string of the molecule is Cc1ccc(N2C(=O)/C(=C/c3cccc(C(F)(F)F)c3)SC2=S)cc1. The summed E-state index contributed by atoms with van der Waals surface area (Å²) in [6, 6.07) is 12.1. The lowest BCUT2D eigenvalue weighted by atomic mass is 10.1. The van der Waals surface area contributed by atoms with Crippen molar-refractivity contribution in [1.82, 2.24) is 0 Å². The van der Waals surface area contributed by atoms with Crippen LogP contribution in [0, 0.1) is 6.92 Å². The molecule has 0 atom stereocenters. The summed E-state index contributed by atoms with van der Waals surface area (Å²) in [7, 11) is 0. The molecule has 128 valence electrons. The number of alkyl halides is 3. The van der Waals surface area contributed by atoms with Gasteiger partial charge >= 0.3 is 6.18 Å². The highest BCUT2D eigenvalue weighted by Gasteiger charge is 2.34. The molecule has 0 radical (unpaired) electrons. The molecule has 0 N–H and O–H groups in total. The van der Waals surface area contributed by atoms with Crippen LogP contribution >= 0.6 is 24.0 Å². The van der Waals surface area contributed by atoms with E-state index in [-0.39, 0.29) is 5.91 Å². The molecule has 0 bridgehead atoms. The molecular formula is C18H12F3NOS2. The summed E-state index contributed by atoms with van der Waals surface area (Å²) < 4.78 is 38.8. The predicted molar refractivity (Wildman–Crippen MR) is 98.3 cm³/mol. The number of carbonyl (C=O) groups excluding carboxylic acids is 1. The van der Waals surface area contributed by atoms with E-state index in [0.717, 1.165) is 29.5 Å². The van der Waals surface area contributed by atoms with Crippen LogP contribution in [-0.2, 0) is 11.0 Å². The van der Waals surface area contributed by atoms with Gasteiger partial charge in [-0.15, -0.1) is 0 Å². The molecule has 25 heavy (non-hydrogen) atoms. The van der Waals surface area contributed by atoms with Crippen molar-refractivity contribution < 1.29 is 18.0 Å². The van der Waals surface area contributed by atoms with Gasteiger partial charge in [0, 0.05) is 0 Å². The molecule has 0 aliphatic carbocycles. The zero-order chi connectivity index (χ0) is 18.2. The fourth-order valence-electron chi connectivity index (χ4n) is 2.34. The van der Waals surface area contributed by atoms with Crippen LogP contribution < -0.4 is 4.90 Å². The first kappa shape index (κ1) is 17.7. The van der Waals surface area contributed by atoms with Crippen molar-refractivity contribution in [1.29, 1.82) is 0 Å². The number of aryl methyl sites for hydroxylation is 1. The standard InChI is InChI=1S/C18H12F3NOS2/c1-11-5-7-14(8-6-11)22-16(23)15(25-17(22)24)10-12-3-2-4-13(9-12)18(19,20)21/h2-10H,1H3/b15-10-. The Morgan fingerprint density at radius 3 is 2.44 bits per heavy atom. The Kier molecular flexibility index (Phi) is 4.71. The first-order valence-corrected chi connectivity index (χ1v) is 8.50. The van der Waals surface area contributed by atoms with Crippen LogP contribution in [0.15, 0.2) is 53.4 Å². The van der Waals surface area contributed by atoms with E-state index in [1.807, 2.05) is 19.1 Å². The number of anilines is 1. The normalized spacial score (nSPS) is 16.8. The van der Waals surface area contributed by atoms with Gasteiger partial charge in [0.15, 0.2) is 4.32 Å². The van der Waals surface area contributed by atoms with E-state index in [1.165, 1.54) is 23.1 Å². The van der Waals surface area contributed by atoms with Crippen LogP contribution in [0.2, 0.25) is 0 Å². The number of halogens is 3. The Balaban J connectivity index is 1.92. The molecule has 0 unspecified atom stereocenters. The van der Waals surface area contributed by atoms with Crippen LogP contribution in [0.4, 0.5) is 18.9 Å². The number of hydrogen-bond acceptors (Lipinski definition) is 3. The molecule has 1 fully saturated rings. The number of thiocarbonyl (C=S) groups is 1. The van der Waals surface area contributed by atoms with Gasteiger partial charge in [0.1, 0.15) is 0 Å². The third-order valence-corrected chi connectivity index (χ3v) is 4.90. The van der Waals surface area contributed by atoms with Gasteiger partial charge in [0.2, 0.25) is 0 Å². The molecule has 0 spiro atoms. The average molecular weight is 379 g/mol. The van der Waals surface area contributed by atoms with Crippen LogP contribution in [0.25, 0.3) is 6.08 Å². The van der Waals surface area contributed by atoms with E-state index in [4.69, 9.17) is 12.2 Å². The second-order valence-electron chi connectivity index (χ2n) is 5.48. The predicted octanol–water partition coefficient (Wildman–Crippen LogP) is 5.42. The summed E-state index contributed by atoms with van der Waals surface area (Å²) in [5.41, 5.74) is 1.24. The van der Waals surface area contributed by atoms with E-state index in [1.54, 1.807) is 12.1 Å². The molecule has 2 aromatic rings. The number of benzene rings is 2. The number of carbonyl (C=O) groups is 1. The van der Waals surface area contributed by atoms with E-state index in [2.05, 4.69) is 0 Å². The van der Waals surface area contributed by atoms with Crippen LogP contribution in [0.1, 0.15) is 16.7 Å². The topological polar surface area (TPSA) is 20.3 Å². The molecule has 3 rings (SSSR count). The quantitative estimate of drug-likeness (QED) is 0.513. The van der Waals surface area contributed by atoms with Crippen molar-refractivity contribution >= 4 is 46.0 Å². The van der Waals surface area contributed by atoms with Crippen LogP contribution in [0.3, 0.4) is 0 Å². The Labute approximate surface area is 152 Å². The Bertz CT molecular complexity index is 873. The maximum Gasteiger partial charge on any atom is 0.416 e. The Hall–Kier alpha value is -2.12. The summed E-state index contributed by atoms with van der Waals surface area (Å²) in [5.74, 6) is -0.337. The van der Waals surface area contributed by atoms with Gasteiger partial charge in [-0.25, -0.2) is 0 Å².